The van der Waals surface area contributed by atoms with Gasteiger partial charge in [0.2, 0.25) is 0 Å². The SMILES string of the molecule is Cc1nn(CC(F)F)c(C)c1C(=O)Nc1cnn(Cc2cnn(C)c2)c1. The van der Waals surface area contributed by atoms with Gasteiger partial charge in [0.05, 0.1) is 35.9 Å². The van der Waals surface area contributed by atoms with Crippen molar-refractivity contribution in [2.75, 3.05) is 5.32 Å². The van der Waals surface area contributed by atoms with Gasteiger partial charge in [0.25, 0.3) is 12.3 Å². The monoisotopic (exact) mass is 363 g/mol. The molecule has 3 aromatic heterocycles. The predicted molar refractivity (Wildman–Crippen MR) is 90.2 cm³/mol. The predicted octanol–water partition coefficient (Wildman–Crippen LogP) is 2.00. The standard InChI is InChI=1S/C16H19F2N7O/c1-10-15(11(2)25(22-10)9-14(17)18)16(26)21-13-5-20-24(8-13)7-12-4-19-23(3)6-12/h4-6,8,14H,7,9H2,1-3H3,(H,21,26). The molecule has 0 aromatic carbocycles. The van der Waals surface area contributed by atoms with Gasteiger partial charge >= 0.3 is 0 Å². The summed E-state index contributed by atoms with van der Waals surface area (Å²) in [6.07, 6.45) is 4.31. The van der Waals surface area contributed by atoms with Gasteiger partial charge in [0.1, 0.15) is 6.54 Å². The third-order valence-corrected chi connectivity index (χ3v) is 3.91. The van der Waals surface area contributed by atoms with Crippen LogP contribution in [0.1, 0.15) is 27.3 Å². The normalized spacial score (nSPS) is 11.3. The summed E-state index contributed by atoms with van der Waals surface area (Å²) in [4.78, 5) is 12.5. The Hall–Kier alpha value is -3.04. The fraction of sp³-hybridized carbons (Fsp3) is 0.375. The van der Waals surface area contributed by atoms with Gasteiger partial charge in [-0.2, -0.15) is 15.3 Å². The molecule has 8 nitrogen and oxygen atoms in total. The Morgan fingerprint density at radius 1 is 1.23 bits per heavy atom. The first-order valence-corrected chi connectivity index (χ1v) is 7.97. The quantitative estimate of drug-likeness (QED) is 0.726. The van der Waals surface area contributed by atoms with Crippen molar-refractivity contribution in [2.24, 2.45) is 7.05 Å². The van der Waals surface area contributed by atoms with E-state index < -0.39 is 18.9 Å². The molecule has 26 heavy (non-hydrogen) atoms. The number of hydrogen-bond donors (Lipinski definition) is 1. The molecule has 0 saturated heterocycles. The molecule has 0 aliphatic rings. The number of rotatable bonds is 6. The van der Waals surface area contributed by atoms with Crippen LogP contribution in [0.25, 0.3) is 0 Å². The van der Waals surface area contributed by atoms with Crippen LogP contribution in [0.3, 0.4) is 0 Å². The molecule has 3 aromatic rings. The molecule has 0 bridgehead atoms. The molecule has 0 spiro atoms. The third kappa shape index (κ3) is 3.79. The Labute approximate surface area is 148 Å². The largest absolute Gasteiger partial charge is 0.319 e. The van der Waals surface area contributed by atoms with Crippen molar-refractivity contribution >= 4 is 11.6 Å². The van der Waals surface area contributed by atoms with Crippen LogP contribution in [0.4, 0.5) is 14.5 Å². The van der Waals surface area contributed by atoms with Crippen LogP contribution in [-0.2, 0) is 20.1 Å². The maximum Gasteiger partial charge on any atom is 0.259 e. The summed E-state index contributed by atoms with van der Waals surface area (Å²) in [6.45, 7) is 3.20. The van der Waals surface area contributed by atoms with E-state index in [2.05, 4.69) is 20.6 Å². The first kappa shape index (κ1) is 17.8. The Bertz CT molecular complexity index is 925. The van der Waals surface area contributed by atoms with Gasteiger partial charge in [0, 0.05) is 30.7 Å². The molecule has 0 fully saturated rings. The number of aromatic nitrogens is 6. The lowest BCUT2D eigenvalue weighted by Gasteiger charge is -2.05. The van der Waals surface area contributed by atoms with Crippen molar-refractivity contribution in [1.29, 1.82) is 0 Å². The van der Waals surface area contributed by atoms with Gasteiger partial charge in [-0.15, -0.1) is 0 Å². The number of aryl methyl sites for hydroxylation is 2. The molecule has 1 N–H and O–H groups in total. The van der Waals surface area contributed by atoms with Gasteiger partial charge in [-0.3, -0.25) is 18.8 Å². The minimum atomic E-state index is -2.53. The molecule has 0 aliphatic carbocycles. The van der Waals surface area contributed by atoms with E-state index in [-0.39, 0.29) is 0 Å². The van der Waals surface area contributed by atoms with Gasteiger partial charge in [-0.25, -0.2) is 8.78 Å². The minimum Gasteiger partial charge on any atom is -0.319 e. The minimum absolute atomic E-state index is 0.297. The lowest BCUT2D eigenvalue weighted by Crippen LogP contribution is -2.15. The third-order valence-electron chi connectivity index (χ3n) is 3.91. The number of anilines is 1. The van der Waals surface area contributed by atoms with Crippen LogP contribution in [-0.4, -0.2) is 41.7 Å². The van der Waals surface area contributed by atoms with Crippen LogP contribution >= 0.6 is 0 Å². The van der Waals surface area contributed by atoms with Crippen molar-refractivity contribution in [1.82, 2.24) is 29.3 Å². The Balaban J connectivity index is 1.71. The molecule has 3 rings (SSSR count). The van der Waals surface area contributed by atoms with Crippen LogP contribution in [0, 0.1) is 13.8 Å². The highest BCUT2D eigenvalue weighted by Gasteiger charge is 2.20. The summed E-state index contributed by atoms with van der Waals surface area (Å²) in [5, 5.41) is 15.1. The Kier molecular flexibility index (Phi) is 4.83. The maximum atomic E-state index is 12.6. The molecule has 3 heterocycles. The number of nitrogens with one attached hydrogen (secondary N) is 1. The molecule has 0 saturated carbocycles. The number of carbonyl (C=O) groups is 1. The average Bonchev–Trinajstić information content (AvgIpc) is 3.21. The van der Waals surface area contributed by atoms with Crippen molar-refractivity contribution in [3.05, 3.63) is 47.3 Å². The summed E-state index contributed by atoms with van der Waals surface area (Å²) < 4.78 is 29.7. The number of halogens is 2. The summed E-state index contributed by atoms with van der Waals surface area (Å²) in [7, 11) is 1.83. The Morgan fingerprint density at radius 3 is 2.65 bits per heavy atom. The van der Waals surface area contributed by atoms with Crippen molar-refractivity contribution in [3.8, 4) is 0 Å². The second kappa shape index (κ2) is 7.06. The van der Waals surface area contributed by atoms with Crippen molar-refractivity contribution in [3.63, 3.8) is 0 Å². The van der Waals surface area contributed by atoms with E-state index in [0.717, 1.165) is 10.2 Å². The fourth-order valence-electron chi connectivity index (χ4n) is 2.78. The molecule has 0 radical (unpaired) electrons. The van der Waals surface area contributed by atoms with E-state index in [0.29, 0.717) is 29.2 Å². The van der Waals surface area contributed by atoms with Crippen LogP contribution < -0.4 is 5.32 Å². The van der Waals surface area contributed by atoms with Gasteiger partial charge in [-0.1, -0.05) is 0 Å². The first-order valence-electron chi connectivity index (χ1n) is 7.97. The molecule has 1 amide bonds. The molecule has 10 heteroatoms. The maximum absolute atomic E-state index is 12.6. The van der Waals surface area contributed by atoms with Crippen LogP contribution in [0.15, 0.2) is 24.8 Å². The van der Waals surface area contributed by atoms with Crippen molar-refractivity contribution < 1.29 is 13.6 Å². The zero-order valence-corrected chi connectivity index (χ0v) is 14.6. The smallest absolute Gasteiger partial charge is 0.259 e. The molecule has 0 atom stereocenters. The van der Waals surface area contributed by atoms with Crippen LogP contribution in [0.2, 0.25) is 0 Å². The topological polar surface area (TPSA) is 82.6 Å². The molecular formula is C16H19F2N7O. The average molecular weight is 363 g/mol. The number of amides is 1. The van der Waals surface area contributed by atoms with E-state index in [1.54, 1.807) is 35.6 Å². The summed E-state index contributed by atoms with van der Waals surface area (Å²) in [5.41, 5.74) is 2.60. The van der Waals surface area contributed by atoms with Crippen LogP contribution in [0.5, 0.6) is 0 Å². The van der Waals surface area contributed by atoms with E-state index in [1.165, 1.54) is 6.20 Å². The molecule has 0 aliphatic heterocycles. The summed E-state index contributed by atoms with van der Waals surface area (Å²) in [5.74, 6) is -0.401. The van der Waals surface area contributed by atoms with Gasteiger partial charge < -0.3 is 5.32 Å². The van der Waals surface area contributed by atoms with Gasteiger partial charge in [0.15, 0.2) is 0 Å². The number of alkyl halides is 2. The van der Waals surface area contributed by atoms with Crippen molar-refractivity contribution in [2.45, 2.75) is 33.4 Å². The summed E-state index contributed by atoms with van der Waals surface area (Å²) in [6, 6.07) is 0. The van der Waals surface area contributed by atoms with E-state index in [1.807, 2.05) is 13.2 Å². The van der Waals surface area contributed by atoms with E-state index in [9.17, 15) is 13.6 Å². The summed E-state index contributed by atoms with van der Waals surface area (Å²) >= 11 is 0. The highest BCUT2D eigenvalue weighted by molar-refractivity contribution is 6.05. The number of carbonyl (C=O) groups excluding carboxylic acids is 1. The lowest BCUT2D eigenvalue weighted by molar-refractivity contribution is 0.102. The Morgan fingerprint density at radius 2 is 2.00 bits per heavy atom. The second-order valence-corrected chi connectivity index (χ2v) is 6.02. The zero-order valence-electron chi connectivity index (χ0n) is 14.6. The van der Waals surface area contributed by atoms with E-state index >= 15 is 0 Å². The molecule has 138 valence electrons. The zero-order chi connectivity index (χ0) is 18.8. The first-order chi connectivity index (χ1) is 12.3. The molecular weight excluding hydrogens is 344 g/mol. The second-order valence-electron chi connectivity index (χ2n) is 6.02. The fourth-order valence-corrected chi connectivity index (χ4v) is 2.78. The highest BCUT2D eigenvalue weighted by Crippen LogP contribution is 2.17. The molecule has 0 unspecified atom stereocenters. The highest BCUT2D eigenvalue weighted by atomic mass is 19.3. The van der Waals surface area contributed by atoms with E-state index in [4.69, 9.17) is 0 Å². The number of nitrogens with zero attached hydrogens (tertiary/aromatic N) is 6. The lowest BCUT2D eigenvalue weighted by atomic mass is 10.2. The number of hydrogen-bond acceptors (Lipinski definition) is 4. The van der Waals surface area contributed by atoms with Gasteiger partial charge in [-0.05, 0) is 13.8 Å².